The highest BCUT2D eigenvalue weighted by Crippen LogP contribution is 2.30. The van der Waals surface area contributed by atoms with E-state index >= 15 is 0 Å². The van der Waals surface area contributed by atoms with Gasteiger partial charge in [0.05, 0.1) is 13.7 Å². The van der Waals surface area contributed by atoms with Crippen LogP contribution in [0.3, 0.4) is 0 Å². The monoisotopic (exact) mass is 423 g/mol. The summed E-state index contributed by atoms with van der Waals surface area (Å²) in [5.74, 6) is 0.526. The second kappa shape index (κ2) is 10.2. The van der Waals surface area contributed by atoms with Crippen molar-refractivity contribution < 1.29 is 28.3 Å². The first-order valence-electron chi connectivity index (χ1n) is 10.3. The number of aromatic nitrogens is 1. The van der Waals surface area contributed by atoms with Gasteiger partial charge in [-0.1, -0.05) is 35.5 Å². The zero-order chi connectivity index (χ0) is 21.5. The van der Waals surface area contributed by atoms with Gasteiger partial charge in [-0.2, -0.15) is 0 Å². The highest BCUT2D eigenvalue weighted by molar-refractivity contribution is 5.96. The molecule has 31 heavy (non-hydrogen) atoms. The van der Waals surface area contributed by atoms with Gasteiger partial charge in [0.2, 0.25) is 0 Å². The van der Waals surface area contributed by atoms with Crippen LogP contribution in [0, 0.1) is 0 Å². The summed E-state index contributed by atoms with van der Waals surface area (Å²) in [6.45, 7) is 1.26. The van der Waals surface area contributed by atoms with Crippen molar-refractivity contribution >= 4 is 5.97 Å². The van der Waals surface area contributed by atoms with Crippen LogP contribution in [0.15, 0.2) is 59.1 Å². The van der Waals surface area contributed by atoms with Gasteiger partial charge in [-0.05, 0) is 49.1 Å². The van der Waals surface area contributed by atoms with Crippen molar-refractivity contribution in [3.63, 3.8) is 0 Å². The Morgan fingerprint density at radius 1 is 1.06 bits per heavy atom. The second-order valence-electron chi connectivity index (χ2n) is 7.23. The predicted octanol–water partition coefficient (Wildman–Crippen LogP) is 4.75. The Morgan fingerprint density at radius 3 is 2.58 bits per heavy atom. The Hall–Kier alpha value is -3.16. The fourth-order valence-corrected chi connectivity index (χ4v) is 3.39. The third-order valence-electron chi connectivity index (χ3n) is 5.06. The minimum absolute atomic E-state index is 0.108. The fourth-order valence-electron chi connectivity index (χ4n) is 3.39. The maximum Gasteiger partial charge on any atom is 0.343 e. The van der Waals surface area contributed by atoms with Crippen LogP contribution in [-0.2, 0) is 27.4 Å². The number of benzene rings is 2. The lowest BCUT2D eigenvalue weighted by molar-refractivity contribution is -0.169. The summed E-state index contributed by atoms with van der Waals surface area (Å²) in [5, 5.41) is 4.06. The highest BCUT2D eigenvalue weighted by atomic mass is 16.7. The van der Waals surface area contributed by atoms with E-state index in [2.05, 4.69) is 5.16 Å². The number of carbonyl (C=O) groups excluding carboxylic acids is 1. The summed E-state index contributed by atoms with van der Waals surface area (Å²) in [6, 6.07) is 17.2. The molecule has 0 spiro atoms. The molecular formula is C24H25NO6. The number of methoxy groups -OCH3 is 1. The SMILES string of the molecule is COC(=O)c1c(COC2CCCCO2)noc1-c1ccc(OCc2ccccc2)cc1. The number of rotatable bonds is 8. The van der Waals surface area contributed by atoms with E-state index in [-0.39, 0.29) is 18.5 Å². The van der Waals surface area contributed by atoms with Gasteiger partial charge >= 0.3 is 5.97 Å². The fraction of sp³-hybridized carbons (Fsp3) is 0.333. The molecule has 7 nitrogen and oxygen atoms in total. The number of hydrogen-bond acceptors (Lipinski definition) is 7. The van der Waals surface area contributed by atoms with Crippen molar-refractivity contribution in [3.05, 3.63) is 71.4 Å². The average molecular weight is 423 g/mol. The van der Waals surface area contributed by atoms with Crippen LogP contribution in [0.4, 0.5) is 0 Å². The smallest absolute Gasteiger partial charge is 0.343 e. The molecule has 0 N–H and O–H groups in total. The van der Waals surface area contributed by atoms with Crippen LogP contribution >= 0.6 is 0 Å². The summed E-state index contributed by atoms with van der Waals surface area (Å²) < 4.78 is 27.6. The van der Waals surface area contributed by atoms with Crippen LogP contribution in [-0.4, -0.2) is 31.1 Å². The van der Waals surface area contributed by atoms with Gasteiger partial charge in [0, 0.05) is 12.2 Å². The summed E-state index contributed by atoms with van der Waals surface area (Å²) in [5.41, 5.74) is 2.43. The quantitative estimate of drug-likeness (QED) is 0.484. The Bertz CT molecular complexity index is 977. The van der Waals surface area contributed by atoms with Gasteiger partial charge in [-0.15, -0.1) is 0 Å². The third kappa shape index (κ3) is 5.31. The molecule has 4 rings (SSSR count). The molecule has 0 saturated carbocycles. The standard InChI is InChI=1S/C24H25NO6/c1-27-24(26)22-20(16-30-21-9-5-6-14-28-21)25-31-23(22)18-10-12-19(13-11-18)29-15-17-7-3-2-4-8-17/h2-4,7-8,10-13,21H,5-6,9,14-16H2,1H3. The minimum Gasteiger partial charge on any atom is -0.489 e. The zero-order valence-electron chi connectivity index (χ0n) is 17.4. The molecule has 7 heteroatoms. The molecule has 1 aliphatic heterocycles. The molecule has 3 aromatic rings. The minimum atomic E-state index is -0.524. The van der Waals surface area contributed by atoms with E-state index in [0.29, 0.717) is 36.0 Å². The zero-order valence-corrected chi connectivity index (χ0v) is 17.4. The van der Waals surface area contributed by atoms with Crippen LogP contribution in [0.2, 0.25) is 0 Å². The molecule has 1 atom stereocenters. The molecular weight excluding hydrogens is 398 g/mol. The first-order valence-corrected chi connectivity index (χ1v) is 10.3. The van der Waals surface area contributed by atoms with E-state index in [1.54, 1.807) is 0 Å². The van der Waals surface area contributed by atoms with Crippen molar-refractivity contribution in [1.29, 1.82) is 0 Å². The molecule has 2 heterocycles. The molecule has 0 aliphatic carbocycles. The Morgan fingerprint density at radius 2 is 1.87 bits per heavy atom. The van der Waals surface area contributed by atoms with Crippen molar-refractivity contribution in [3.8, 4) is 17.1 Å². The summed E-state index contributed by atoms with van der Waals surface area (Å²) in [7, 11) is 1.33. The maximum absolute atomic E-state index is 12.4. The number of nitrogens with zero attached hydrogens (tertiary/aromatic N) is 1. The van der Waals surface area contributed by atoms with Gasteiger partial charge in [0.25, 0.3) is 0 Å². The van der Waals surface area contributed by atoms with Crippen molar-refractivity contribution in [2.75, 3.05) is 13.7 Å². The lowest BCUT2D eigenvalue weighted by Crippen LogP contribution is -2.22. The van der Waals surface area contributed by atoms with Crippen molar-refractivity contribution in [1.82, 2.24) is 5.16 Å². The van der Waals surface area contributed by atoms with Crippen molar-refractivity contribution in [2.24, 2.45) is 0 Å². The molecule has 0 radical (unpaired) electrons. The van der Waals surface area contributed by atoms with E-state index in [9.17, 15) is 4.79 Å². The summed E-state index contributed by atoms with van der Waals surface area (Å²) in [4.78, 5) is 12.4. The van der Waals surface area contributed by atoms with E-state index in [1.807, 2.05) is 54.6 Å². The number of esters is 1. The highest BCUT2D eigenvalue weighted by Gasteiger charge is 2.26. The second-order valence-corrected chi connectivity index (χ2v) is 7.23. The van der Waals surface area contributed by atoms with Crippen LogP contribution in [0.1, 0.15) is 40.9 Å². The lowest BCUT2D eigenvalue weighted by Gasteiger charge is -2.22. The molecule has 1 aromatic heterocycles. The molecule has 1 aliphatic rings. The molecule has 1 unspecified atom stereocenters. The van der Waals surface area contributed by atoms with Crippen LogP contribution < -0.4 is 4.74 Å². The first-order chi connectivity index (χ1) is 15.2. The third-order valence-corrected chi connectivity index (χ3v) is 5.06. The first kappa shape index (κ1) is 21.1. The van der Waals surface area contributed by atoms with Gasteiger partial charge in [-0.3, -0.25) is 0 Å². The summed E-state index contributed by atoms with van der Waals surface area (Å²) >= 11 is 0. The maximum atomic E-state index is 12.4. The predicted molar refractivity (Wildman–Crippen MR) is 112 cm³/mol. The Labute approximate surface area is 180 Å². The van der Waals surface area contributed by atoms with Gasteiger partial charge in [0.1, 0.15) is 23.6 Å². The number of ether oxygens (including phenoxy) is 4. The molecule has 0 amide bonds. The largest absolute Gasteiger partial charge is 0.489 e. The van der Waals surface area contributed by atoms with Crippen LogP contribution in [0.5, 0.6) is 5.75 Å². The van der Waals surface area contributed by atoms with E-state index in [0.717, 1.165) is 24.8 Å². The van der Waals surface area contributed by atoms with E-state index in [4.69, 9.17) is 23.5 Å². The molecule has 1 saturated heterocycles. The summed E-state index contributed by atoms with van der Waals surface area (Å²) in [6.07, 6.45) is 2.62. The average Bonchev–Trinajstić information content (AvgIpc) is 3.26. The van der Waals surface area contributed by atoms with Gasteiger partial charge in [-0.25, -0.2) is 4.79 Å². The van der Waals surface area contributed by atoms with Crippen LogP contribution in [0.25, 0.3) is 11.3 Å². The molecule has 162 valence electrons. The van der Waals surface area contributed by atoms with Gasteiger partial charge in [0.15, 0.2) is 12.1 Å². The molecule has 2 aromatic carbocycles. The van der Waals surface area contributed by atoms with Crippen molar-refractivity contribution in [2.45, 2.75) is 38.8 Å². The van der Waals surface area contributed by atoms with E-state index < -0.39 is 5.97 Å². The molecule has 1 fully saturated rings. The number of carbonyl (C=O) groups is 1. The van der Waals surface area contributed by atoms with E-state index in [1.165, 1.54) is 7.11 Å². The lowest BCUT2D eigenvalue weighted by atomic mass is 10.1. The molecule has 0 bridgehead atoms. The Kier molecular flexibility index (Phi) is 6.96. The van der Waals surface area contributed by atoms with Gasteiger partial charge < -0.3 is 23.5 Å². The number of hydrogen-bond donors (Lipinski definition) is 0. The normalized spacial score (nSPS) is 16.1. The topological polar surface area (TPSA) is 80.0 Å². The Balaban J connectivity index is 1.47.